The van der Waals surface area contributed by atoms with Crippen molar-refractivity contribution >= 4 is 28.6 Å². The van der Waals surface area contributed by atoms with E-state index in [1.165, 1.54) is 4.88 Å². The minimum Gasteiger partial charge on any atom is -0.357 e. The van der Waals surface area contributed by atoms with Crippen molar-refractivity contribution in [1.29, 1.82) is 0 Å². The molecule has 2 aromatic rings. The van der Waals surface area contributed by atoms with E-state index in [4.69, 9.17) is 0 Å². The van der Waals surface area contributed by atoms with E-state index in [1.54, 1.807) is 22.7 Å². The molecule has 7 heteroatoms. The zero-order valence-corrected chi connectivity index (χ0v) is 15.0. The second-order valence-electron chi connectivity index (χ2n) is 4.91. The van der Waals surface area contributed by atoms with Crippen LogP contribution in [0.3, 0.4) is 0 Å². The molecule has 0 spiro atoms. The Balaban J connectivity index is 1.76. The Hall–Kier alpha value is -1.47. The molecule has 2 N–H and O–H groups in total. The number of nitrogens with zero attached hydrogens (tertiary/aromatic N) is 3. The van der Waals surface area contributed by atoms with E-state index in [9.17, 15) is 0 Å². The maximum Gasteiger partial charge on any atom is 0.191 e. The summed E-state index contributed by atoms with van der Waals surface area (Å²) in [5, 5.41) is 11.0. The van der Waals surface area contributed by atoms with Crippen LogP contribution in [0.5, 0.6) is 0 Å². The third kappa shape index (κ3) is 5.73. The van der Waals surface area contributed by atoms with Crippen molar-refractivity contribution in [2.24, 2.45) is 4.99 Å². The molecule has 0 atom stereocenters. The van der Waals surface area contributed by atoms with Gasteiger partial charge in [-0.1, -0.05) is 0 Å². The molecule has 120 valence electrons. The van der Waals surface area contributed by atoms with Crippen molar-refractivity contribution < 1.29 is 0 Å². The first-order valence-electron chi connectivity index (χ1n) is 7.52. The zero-order chi connectivity index (χ0) is 15.8. The normalized spacial score (nSPS) is 11.7. The number of aromatic nitrogens is 2. The van der Waals surface area contributed by atoms with E-state index in [-0.39, 0.29) is 0 Å². The van der Waals surface area contributed by atoms with Crippen LogP contribution in [0.4, 0.5) is 0 Å². The minimum absolute atomic E-state index is 0.748. The molecular weight excluding hydrogens is 314 g/mol. The lowest BCUT2D eigenvalue weighted by Gasteiger charge is -2.10. The summed E-state index contributed by atoms with van der Waals surface area (Å²) in [5.74, 6) is 0.864. The van der Waals surface area contributed by atoms with Crippen LogP contribution >= 0.6 is 22.7 Å². The molecule has 5 nitrogen and oxygen atoms in total. The van der Waals surface area contributed by atoms with Gasteiger partial charge in [-0.3, -0.25) is 4.99 Å². The number of hydrogen-bond acceptors (Lipinski definition) is 5. The Labute approximate surface area is 139 Å². The fourth-order valence-electron chi connectivity index (χ4n) is 1.95. The molecule has 0 aliphatic carbocycles. The zero-order valence-electron chi connectivity index (χ0n) is 13.3. The molecule has 0 bridgehead atoms. The molecule has 2 heterocycles. The number of guanidine groups is 1. The number of aliphatic imine (C=N–C) groups is 1. The Morgan fingerprint density at radius 3 is 2.77 bits per heavy atom. The van der Waals surface area contributed by atoms with Crippen molar-refractivity contribution in [1.82, 2.24) is 20.6 Å². The van der Waals surface area contributed by atoms with Gasteiger partial charge in [0.25, 0.3) is 0 Å². The second-order valence-corrected chi connectivity index (χ2v) is 7.29. The van der Waals surface area contributed by atoms with Crippen molar-refractivity contribution in [3.63, 3.8) is 0 Å². The minimum atomic E-state index is 0.748. The lowest BCUT2D eigenvalue weighted by molar-refractivity contribution is 0.787. The van der Waals surface area contributed by atoms with Gasteiger partial charge in [0.1, 0.15) is 0 Å². The van der Waals surface area contributed by atoms with Gasteiger partial charge in [-0.2, -0.15) is 0 Å². The number of nitrogens with one attached hydrogen (secondary N) is 2. The van der Waals surface area contributed by atoms with Crippen LogP contribution in [0.1, 0.15) is 27.5 Å². The summed E-state index contributed by atoms with van der Waals surface area (Å²) in [7, 11) is 0. The van der Waals surface area contributed by atoms with E-state index in [0.29, 0.717) is 0 Å². The topological polar surface area (TPSA) is 62.2 Å². The Morgan fingerprint density at radius 1 is 1.27 bits per heavy atom. The predicted molar refractivity (Wildman–Crippen MR) is 95.1 cm³/mol. The van der Waals surface area contributed by atoms with Gasteiger partial charge in [0.05, 0.1) is 15.7 Å². The monoisotopic (exact) mass is 337 g/mol. The van der Waals surface area contributed by atoms with Gasteiger partial charge in [-0.15, -0.1) is 22.7 Å². The summed E-state index contributed by atoms with van der Waals surface area (Å²) in [6.45, 7) is 8.64. The summed E-state index contributed by atoms with van der Waals surface area (Å²) in [5.41, 5.74) is 1.14. The number of thiazole rings is 2. The fourth-order valence-corrected chi connectivity index (χ4v) is 3.38. The fraction of sp³-hybridized carbons (Fsp3) is 0.533. The van der Waals surface area contributed by atoms with Crippen molar-refractivity contribution in [2.45, 2.75) is 33.6 Å². The molecule has 22 heavy (non-hydrogen) atoms. The number of rotatable bonds is 7. The summed E-state index contributed by atoms with van der Waals surface area (Å²) in [6, 6.07) is 0. The molecule has 0 saturated carbocycles. The second kappa shape index (κ2) is 8.85. The smallest absolute Gasteiger partial charge is 0.191 e. The first kappa shape index (κ1) is 16.9. The van der Waals surface area contributed by atoms with Crippen molar-refractivity contribution in [3.05, 3.63) is 32.2 Å². The largest absolute Gasteiger partial charge is 0.357 e. The summed E-state index contributed by atoms with van der Waals surface area (Å²) in [6.07, 6.45) is 3.73. The van der Waals surface area contributed by atoms with E-state index in [2.05, 4.69) is 44.8 Å². The number of hydrogen-bond donors (Lipinski definition) is 2. The maximum atomic E-state index is 4.60. The molecule has 0 amide bonds. The van der Waals surface area contributed by atoms with Gasteiger partial charge in [0, 0.05) is 48.9 Å². The van der Waals surface area contributed by atoms with Gasteiger partial charge in [0.2, 0.25) is 0 Å². The lowest BCUT2D eigenvalue weighted by atomic mass is 10.3. The highest BCUT2D eigenvalue weighted by Gasteiger charge is 2.02. The maximum absolute atomic E-state index is 4.60. The molecule has 0 saturated heterocycles. The average Bonchev–Trinajstić information content (AvgIpc) is 3.08. The Kier molecular flexibility index (Phi) is 6.79. The van der Waals surface area contributed by atoms with Gasteiger partial charge in [-0.25, -0.2) is 9.97 Å². The molecule has 2 aromatic heterocycles. The van der Waals surface area contributed by atoms with E-state index >= 15 is 0 Å². The highest BCUT2D eigenvalue weighted by atomic mass is 32.1. The van der Waals surface area contributed by atoms with E-state index in [0.717, 1.165) is 54.1 Å². The summed E-state index contributed by atoms with van der Waals surface area (Å²) >= 11 is 3.44. The first-order chi connectivity index (χ1) is 10.7. The molecular formula is C15H23N5S2. The Bertz CT molecular complexity index is 603. The third-order valence-electron chi connectivity index (χ3n) is 2.95. The van der Waals surface area contributed by atoms with Crippen LogP contribution in [0.15, 0.2) is 16.6 Å². The van der Waals surface area contributed by atoms with Gasteiger partial charge < -0.3 is 10.6 Å². The predicted octanol–water partition coefficient (Wildman–Crippen LogP) is 2.56. The van der Waals surface area contributed by atoms with Crippen molar-refractivity contribution in [2.75, 3.05) is 19.6 Å². The number of aryl methyl sites for hydroxylation is 2. The molecule has 0 aromatic carbocycles. The average molecular weight is 338 g/mol. The van der Waals surface area contributed by atoms with Crippen LogP contribution in [-0.2, 0) is 12.8 Å². The lowest BCUT2D eigenvalue weighted by Crippen LogP contribution is -2.38. The van der Waals surface area contributed by atoms with E-state index in [1.807, 2.05) is 13.1 Å². The SMILES string of the molecule is CCNC(=NCCc1ncc(C)s1)NCCc1csc(C)n1. The van der Waals surface area contributed by atoms with Crippen LogP contribution in [0.2, 0.25) is 0 Å². The van der Waals surface area contributed by atoms with Crippen LogP contribution in [0.25, 0.3) is 0 Å². The standard InChI is InChI=1S/C15H23N5S2/c1-4-16-15(17-7-5-13-10-21-12(3)20-13)18-8-6-14-19-9-11(2)22-14/h9-10H,4-8H2,1-3H3,(H2,16,17,18). The van der Waals surface area contributed by atoms with Crippen LogP contribution in [-0.4, -0.2) is 35.6 Å². The van der Waals surface area contributed by atoms with Gasteiger partial charge in [-0.05, 0) is 20.8 Å². The van der Waals surface area contributed by atoms with Crippen molar-refractivity contribution in [3.8, 4) is 0 Å². The van der Waals surface area contributed by atoms with Gasteiger partial charge in [0.15, 0.2) is 5.96 Å². The molecule has 0 radical (unpaired) electrons. The molecule has 0 fully saturated rings. The highest BCUT2D eigenvalue weighted by molar-refractivity contribution is 7.11. The third-order valence-corrected chi connectivity index (χ3v) is 4.74. The van der Waals surface area contributed by atoms with E-state index < -0.39 is 0 Å². The highest BCUT2D eigenvalue weighted by Crippen LogP contribution is 2.11. The quantitative estimate of drug-likeness (QED) is 0.602. The van der Waals surface area contributed by atoms with Crippen LogP contribution < -0.4 is 10.6 Å². The van der Waals surface area contributed by atoms with Gasteiger partial charge >= 0.3 is 0 Å². The first-order valence-corrected chi connectivity index (χ1v) is 9.21. The molecule has 2 rings (SSSR count). The molecule has 0 aliphatic heterocycles. The Morgan fingerprint density at radius 2 is 2.14 bits per heavy atom. The molecule has 0 unspecified atom stereocenters. The molecule has 0 aliphatic rings. The van der Waals surface area contributed by atoms with Crippen LogP contribution in [0, 0.1) is 13.8 Å². The summed E-state index contributed by atoms with van der Waals surface area (Å²) < 4.78 is 0. The summed E-state index contributed by atoms with van der Waals surface area (Å²) in [4.78, 5) is 14.7.